The van der Waals surface area contributed by atoms with Crippen LogP contribution < -0.4 is 22.1 Å². The van der Waals surface area contributed by atoms with Crippen molar-refractivity contribution in [3.8, 4) is 0 Å². The van der Waals surface area contributed by atoms with E-state index in [1.54, 1.807) is 7.05 Å². The molecule has 262 valence electrons. The molecule has 1 aromatic heterocycles. The minimum atomic E-state index is -1.81. The van der Waals surface area contributed by atoms with E-state index in [0.29, 0.717) is 23.6 Å². The summed E-state index contributed by atoms with van der Waals surface area (Å²) in [5.41, 5.74) is 7.74. The highest BCUT2D eigenvalue weighted by Crippen LogP contribution is 2.53. The summed E-state index contributed by atoms with van der Waals surface area (Å²) in [6.45, 7) is 3.72. The van der Waals surface area contributed by atoms with Gasteiger partial charge in [0.1, 0.15) is 25.6 Å². The summed E-state index contributed by atoms with van der Waals surface area (Å²) < 4.78 is 5.38. The maximum atomic E-state index is 13.2. The summed E-state index contributed by atoms with van der Waals surface area (Å²) in [5.74, 6) is -5.27. The van der Waals surface area contributed by atoms with Gasteiger partial charge < -0.3 is 31.7 Å². The number of nitrogens with one attached hydrogen (secondary N) is 2. The number of nitrogens with two attached hydrogens (primary N) is 2. The van der Waals surface area contributed by atoms with E-state index in [1.807, 2.05) is 19.2 Å². The fourth-order valence-corrected chi connectivity index (χ4v) is 9.05. The van der Waals surface area contributed by atoms with Gasteiger partial charge in [0.05, 0.1) is 4.24 Å². The van der Waals surface area contributed by atoms with E-state index >= 15 is 0 Å². The number of carbonyl (C=O) groups excluding carboxylic acids is 5. The van der Waals surface area contributed by atoms with E-state index in [0.717, 1.165) is 28.4 Å². The molecule has 6 amide bonds. The van der Waals surface area contributed by atoms with Crippen LogP contribution in [0.1, 0.15) is 26.7 Å². The van der Waals surface area contributed by atoms with Crippen molar-refractivity contribution in [2.45, 2.75) is 51.9 Å². The van der Waals surface area contributed by atoms with E-state index in [2.05, 4.69) is 36.8 Å². The first kappa shape index (κ1) is 39.1. The van der Waals surface area contributed by atoms with Crippen LogP contribution >= 0.6 is 63.0 Å². The quantitative estimate of drug-likeness (QED) is 0.0301. The third-order valence-corrected chi connectivity index (χ3v) is 13.8. The van der Waals surface area contributed by atoms with Gasteiger partial charge in [0, 0.05) is 25.7 Å². The lowest BCUT2D eigenvalue weighted by Gasteiger charge is -2.56. The molecule has 2 saturated heterocycles. The number of fused-ring (bicyclic) bond motifs is 1. The number of halogens is 1. The number of thioether (sulfide) groups is 4. The summed E-state index contributed by atoms with van der Waals surface area (Å²) in [4.78, 5) is 83.3. The lowest BCUT2D eigenvalue weighted by Crippen LogP contribution is -2.81. The molecule has 3 aliphatic heterocycles. The number of nitrogens with zero attached hydrogens (tertiary/aromatic N) is 5. The number of carboxylic acid groups (broad SMARTS) is 2. The van der Waals surface area contributed by atoms with Crippen molar-refractivity contribution < 1.29 is 48.5 Å². The number of tetrazole rings is 1. The molecule has 8 N–H and O–H groups in total. The van der Waals surface area contributed by atoms with Gasteiger partial charge in [0.15, 0.2) is 0 Å². The summed E-state index contributed by atoms with van der Waals surface area (Å²) >= 11 is 7.32. The molecular weight excluding hydrogens is 782 g/mol. The molecule has 2 atom stereocenters. The largest absolute Gasteiger partial charge is 0.477 e. The number of hydrogen-bond acceptors (Lipinski definition) is 15. The molecule has 1 aromatic rings. The van der Waals surface area contributed by atoms with Gasteiger partial charge in [-0.05, 0) is 28.8 Å². The molecule has 19 nitrogen and oxygen atoms in total. The van der Waals surface area contributed by atoms with Crippen molar-refractivity contribution in [2.24, 2.45) is 18.5 Å². The first-order valence-corrected chi connectivity index (χ1v) is 18.1. The van der Waals surface area contributed by atoms with Crippen molar-refractivity contribution in [2.75, 3.05) is 18.6 Å². The number of methoxy groups -OCH3 is 1. The van der Waals surface area contributed by atoms with E-state index in [-0.39, 0.29) is 27.3 Å². The Morgan fingerprint density at radius 1 is 1.17 bits per heavy atom. The van der Waals surface area contributed by atoms with Crippen LogP contribution in [0.15, 0.2) is 26.2 Å². The molecule has 3 aliphatic rings. The van der Waals surface area contributed by atoms with Gasteiger partial charge >= 0.3 is 18.0 Å². The average Bonchev–Trinajstić information content (AvgIpc) is 3.42. The van der Waals surface area contributed by atoms with Gasteiger partial charge in [-0.1, -0.05) is 65.1 Å². The van der Waals surface area contributed by atoms with Crippen LogP contribution in [-0.2, 0) is 40.6 Å². The Hall–Kier alpha value is -3.32. The van der Waals surface area contributed by atoms with Crippen LogP contribution in [0, 0.1) is 0 Å². The number of imide groups is 1. The maximum absolute atomic E-state index is 13.2. The number of aliphatic carboxylic acids is 2. The van der Waals surface area contributed by atoms with Gasteiger partial charge in [-0.15, -0.1) is 16.9 Å². The highest BCUT2D eigenvalue weighted by molar-refractivity contribution is 9.10. The fraction of sp³-hybridized carbons (Fsp3) is 0.500. The van der Waals surface area contributed by atoms with Crippen LogP contribution in [0.5, 0.6) is 0 Å². The number of rotatable bonds is 12. The minimum Gasteiger partial charge on any atom is -0.477 e. The Morgan fingerprint density at radius 2 is 1.79 bits per heavy atom. The van der Waals surface area contributed by atoms with E-state index in [4.69, 9.17) is 21.3 Å². The molecule has 0 radical (unpaired) electrons. The zero-order valence-electron chi connectivity index (χ0n) is 25.5. The van der Waals surface area contributed by atoms with Crippen LogP contribution in [0.2, 0.25) is 0 Å². The smallest absolute Gasteiger partial charge is 0.352 e. The number of primary amides is 2. The third kappa shape index (κ3) is 7.93. The Morgan fingerprint density at radius 3 is 2.25 bits per heavy atom. The van der Waals surface area contributed by atoms with E-state index in [1.165, 1.54) is 35.3 Å². The first-order valence-electron chi connectivity index (χ1n) is 13.5. The maximum Gasteiger partial charge on any atom is 0.352 e. The molecule has 24 heteroatoms. The van der Waals surface area contributed by atoms with Crippen molar-refractivity contribution in [3.05, 3.63) is 21.1 Å². The molecule has 48 heavy (non-hydrogen) atoms. The molecule has 0 unspecified atom stereocenters. The molecule has 0 bridgehead atoms. The fourth-order valence-electron chi connectivity index (χ4n) is 4.31. The lowest BCUT2D eigenvalue weighted by molar-refractivity contribution is -0.192. The highest BCUT2D eigenvalue weighted by Gasteiger charge is 2.67. The van der Waals surface area contributed by atoms with Crippen LogP contribution in [0.25, 0.3) is 0 Å². The van der Waals surface area contributed by atoms with Crippen molar-refractivity contribution >= 4 is 105 Å². The first-order chi connectivity index (χ1) is 22.5. The van der Waals surface area contributed by atoms with Gasteiger partial charge in [0.2, 0.25) is 17.0 Å². The van der Waals surface area contributed by atoms with E-state index in [9.17, 15) is 38.7 Å². The van der Waals surface area contributed by atoms with Crippen molar-refractivity contribution in [3.63, 3.8) is 0 Å². The average molecular weight is 813 g/mol. The number of β-lactam (4-membered cyclic amide) rings is 1. The zero-order chi connectivity index (χ0) is 36.1. The second kappa shape index (κ2) is 15.9. The second-order valence-corrected chi connectivity index (χ2v) is 16.1. The van der Waals surface area contributed by atoms with Crippen LogP contribution in [-0.4, -0.2) is 116 Å². The predicted octanol–water partition coefficient (Wildman–Crippen LogP) is -0.262. The zero-order valence-corrected chi connectivity index (χ0v) is 30.4. The number of ether oxygens (including phenoxy) is 1. The standard InChI is InChI=1S/C17H17N7O8S4.C7H13BrN2O2/c1-23-16(20-21-22-23)34-4-5-3-33-15-17(32-2,14(31)24(15)7(5)11(29)30)19-9(26)13-35-12(36-13)6(8(18)25)10(27)28;1-3-7(8,4-2)5(11)10-6(9)12/h13,15H,3-4H2,1-2H3,(H2,18,25)(H,19,26)(H,27,28)(H,29,30);3-4H2,1-2H3,(H3,9,10,11,12)/t13?,15-,17+;/m1./s1. The summed E-state index contributed by atoms with van der Waals surface area (Å²) in [7, 11) is 2.86. The molecular formula is C24H30BrN9O10S4. The van der Waals surface area contributed by atoms with E-state index < -0.39 is 61.3 Å². The predicted molar refractivity (Wildman–Crippen MR) is 178 cm³/mol. The van der Waals surface area contributed by atoms with Gasteiger partial charge in [0.25, 0.3) is 17.5 Å². The number of amides is 6. The monoisotopic (exact) mass is 811 g/mol. The third-order valence-electron chi connectivity index (χ3n) is 6.97. The molecule has 4 heterocycles. The number of aryl methyl sites for hydroxylation is 1. The SMILES string of the molecule is CCC(Br)(CC)C(=O)NC(N)=O.CO[C@@]1(NC(=O)C2SC(=C(C(N)=O)C(=O)O)S2)C(=O)N2C(C(=O)O)=C(CSc3nnnn3C)CS[C@@H]21. The number of carbonyl (C=O) groups is 7. The number of alkyl halides is 1. The molecule has 0 spiro atoms. The molecule has 4 rings (SSSR count). The molecule has 0 aromatic carbocycles. The minimum absolute atomic E-state index is 0.0755. The molecule has 0 saturated carbocycles. The van der Waals surface area contributed by atoms with Gasteiger partial charge in [-0.2, -0.15) is 0 Å². The van der Waals surface area contributed by atoms with Crippen molar-refractivity contribution in [1.29, 1.82) is 0 Å². The lowest BCUT2D eigenvalue weighted by atomic mass is 9.98. The van der Waals surface area contributed by atoms with Crippen LogP contribution in [0.4, 0.5) is 4.79 Å². The van der Waals surface area contributed by atoms with Gasteiger partial charge in [-0.25, -0.2) is 19.1 Å². The summed E-state index contributed by atoms with van der Waals surface area (Å²) in [6.07, 6.45) is 1.23. The number of carboxylic acids is 2. The number of hydrogen-bond donors (Lipinski definition) is 6. The Bertz CT molecular complexity index is 1580. The molecule has 0 aliphatic carbocycles. The Balaban J connectivity index is 0.000000444. The summed E-state index contributed by atoms with van der Waals surface area (Å²) in [6, 6.07) is -0.814. The number of aromatic nitrogens is 4. The topological polar surface area (TPSA) is 292 Å². The van der Waals surface area contributed by atoms with Gasteiger partial charge in [-0.3, -0.25) is 29.4 Å². The molecule has 2 fully saturated rings. The Kier molecular flexibility index (Phi) is 13.0. The highest BCUT2D eigenvalue weighted by atomic mass is 79.9. The van der Waals surface area contributed by atoms with Crippen molar-refractivity contribution in [1.82, 2.24) is 35.7 Å². The number of urea groups is 1. The normalized spacial score (nSPS) is 21.5. The second-order valence-electron chi connectivity index (χ2n) is 9.79. The summed E-state index contributed by atoms with van der Waals surface area (Å²) in [5, 5.41) is 34.2. The Labute approximate surface area is 297 Å². The van der Waals surface area contributed by atoms with Crippen LogP contribution in [0.3, 0.4) is 0 Å².